The molecule has 164 valence electrons. The van der Waals surface area contributed by atoms with Crippen molar-refractivity contribution in [1.29, 1.82) is 0 Å². The fourth-order valence-corrected chi connectivity index (χ4v) is 4.12. The maximum absolute atomic E-state index is 12.5. The van der Waals surface area contributed by atoms with Gasteiger partial charge in [-0.2, -0.15) is 0 Å². The highest BCUT2D eigenvalue weighted by Gasteiger charge is 2.26. The van der Waals surface area contributed by atoms with Crippen LogP contribution in [0.3, 0.4) is 0 Å². The minimum Gasteiger partial charge on any atom is -0.346 e. The van der Waals surface area contributed by atoms with Crippen molar-refractivity contribution in [3.05, 3.63) is 94.3 Å². The van der Waals surface area contributed by atoms with Crippen LogP contribution in [-0.2, 0) is 22.6 Å². The number of nitrogens with zero attached hydrogens (tertiary/aromatic N) is 2. The van der Waals surface area contributed by atoms with Crippen LogP contribution in [0.2, 0.25) is 5.02 Å². The SMILES string of the molecule is Cc1ccc(NC(=O)C(=O)NC[C@H](c2cccnc2)N2CCc3ccccc3C2)cc1Cl. The Morgan fingerprint density at radius 2 is 1.91 bits per heavy atom. The molecule has 0 saturated heterocycles. The van der Waals surface area contributed by atoms with Crippen molar-refractivity contribution >= 4 is 29.1 Å². The van der Waals surface area contributed by atoms with Gasteiger partial charge >= 0.3 is 11.8 Å². The lowest BCUT2D eigenvalue weighted by Gasteiger charge is -2.35. The van der Waals surface area contributed by atoms with Crippen molar-refractivity contribution < 1.29 is 9.59 Å². The van der Waals surface area contributed by atoms with E-state index in [0.717, 1.165) is 30.6 Å². The van der Waals surface area contributed by atoms with Crippen LogP contribution >= 0.6 is 11.6 Å². The Kier molecular flexibility index (Phi) is 6.83. The number of carbonyl (C=O) groups is 2. The smallest absolute Gasteiger partial charge is 0.313 e. The number of anilines is 1. The Balaban J connectivity index is 1.44. The number of benzene rings is 2. The van der Waals surface area contributed by atoms with Crippen LogP contribution in [0.25, 0.3) is 0 Å². The molecule has 0 saturated carbocycles. The third-order valence-corrected chi connectivity index (χ3v) is 6.17. The first-order valence-electron chi connectivity index (χ1n) is 10.6. The number of aryl methyl sites for hydroxylation is 1. The summed E-state index contributed by atoms with van der Waals surface area (Å²) in [6.07, 6.45) is 4.48. The molecule has 0 bridgehead atoms. The van der Waals surface area contributed by atoms with Gasteiger partial charge in [-0.1, -0.05) is 48.0 Å². The molecule has 1 atom stereocenters. The van der Waals surface area contributed by atoms with Crippen LogP contribution in [0, 0.1) is 6.92 Å². The Morgan fingerprint density at radius 3 is 2.66 bits per heavy atom. The first-order chi connectivity index (χ1) is 15.5. The summed E-state index contributed by atoms with van der Waals surface area (Å²) in [5, 5.41) is 5.93. The molecule has 1 aliphatic heterocycles. The van der Waals surface area contributed by atoms with Crippen LogP contribution in [0.4, 0.5) is 5.69 Å². The Bertz CT molecular complexity index is 1120. The van der Waals surface area contributed by atoms with Gasteiger partial charge in [0.25, 0.3) is 0 Å². The molecule has 3 aromatic rings. The van der Waals surface area contributed by atoms with E-state index in [1.54, 1.807) is 24.4 Å². The molecule has 4 rings (SSSR count). The van der Waals surface area contributed by atoms with Crippen LogP contribution < -0.4 is 10.6 Å². The molecule has 0 unspecified atom stereocenters. The summed E-state index contributed by atoms with van der Waals surface area (Å²) in [7, 11) is 0. The molecule has 2 aromatic carbocycles. The minimum absolute atomic E-state index is 0.0948. The number of rotatable bonds is 5. The number of pyridine rings is 1. The third kappa shape index (κ3) is 5.15. The molecule has 0 spiro atoms. The maximum atomic E-state index is 12.5. The second-order valence-corrected chi connectivity index (χ2v) is 8.33. The molecule has 6 nitrogen and oxygen atoms in total. The number of hydrogen-bond acceptors (Lipinski definition) is 4. The van der Waals surface area contributed by atoms with Crippen molar-refractivity contribution in [3.8, 4) is 0 Å². The lowest BCUT2D eigenvalue weighted by Crippen LogP contribution is -2.43. The molecule has 2 N–H and O–H groups in total. The summed E-state index contributed by atoms with van der Waals surface area (Å²) >= 11 is 6.11. The Hall–Kier alpha value is -3.22. The largest absolute Gasteiger partial charge is 0.346 e. The van der Waals surface area contributed by atoms with Crippen LogP contribution in [-0.4, -0.2) is 34.8 Å². The van der Waals surface area contributed by atoms with Gasteiger partial charge in [0.05, 0.1) is 6.04 Å². The molecule has 32 heavy (non-hydrogen) atoms. The number of nitrogens with one attached hydrogen (secondary N) is 2. The fraction of sp³-hybridized carbons (Fsp3) is 0.240. The van der Waals surface area contributed by atoms with Gasteiger partial charge < -0.3 is 10.6 Å². The number of amides is 2. The zero-order valence-corrected chi connectivity index (χ0v) is 18.6. The maximum Gasteiger partial charge on any atom is 0.313 e. The van der Waals surface area contributed by atoms with Crippen LogP contribution in [0.1, 0.15) is 28.3 Å². The van der Waals surface area contributed by atoms with Gasteiger partial charge in [0.1, 0.15) is 0 Å². The molecule has 7 heteroatoms. The minimum atomic E-state index is -0.723. The Morgan fingerprint density at radius 1 is 1.09 bits per heavy atom. The number of halogens is 1. The quantitative estimate of drug-likeness (QED) is 0.580. The van der Waals surface area contributed by atoms with E-state index in [4.69, 9.17) is 11.6 Å². The molecule has 1 aliphatic rings. The summed E-state index contributed by atoms with van der Waals surface area (Å²) in [4.78, 5) is 31.5. The molecule has 1 aromatic heterocycles. The van der Waals surface area contributed by atoms with E-state index in [1.807, 2.05) is 31.3 Å². The van der Waals surface area contributed by atoms with E-state index in [0.29, 0.717) is 17.3 Å². The van der Waals surface area contributed by atoms with Gasteiger partial charge in [0.15, 0.2) is 0 Å². The predicted molar refractivity (Wildman–Crippen MR) is 125 cm³/mol. The average molecular weight is 449 g/mol. The van der Waals surface area contributed by atoms with Crippen molar-refractivity contribution in [3.63, 3.8) is 0 Å². The van der Waals surface area contributed by atoms with E-state index in [1.165, 1.54) is 11.1 Å². The van der Waals surface area contributed by atoms with E-state index < -0.39 is 11.8 Å². The van der Waals surface area contributed by atoms with Gasteiger partial charge in [0, 0.05) is 42.7 Å². The van der Waals surface area contributed by atoms with Gasteiger partial charge in [0.2, 0.25) is 0 Å². The summed E-state index contributed by atoms with van der Waals surface area (Å²) in [6.45, 7) is 3.81. The summed E-state index contributed by atoms with van der Waals surface area (Å²) in [6, 6.07) is 17.3. The highest BCUT2D eigenvalue weighted by atomic mass is 35.5. The molecule has 2 amide bonds. The number of fused-ring (bicyclic) bond motifs is 1. The van der Waals surface area contributed by atoms with E-state index in [-0.39, 0.29) is 6.04 Å². The molecule has 0 aliphatic carbocycles. The fourth-order valence-electron chi connectivity index (χ4n) is 3.94. The normalized spacial score (nSPS) is 14.3. The zero-order chi connectivity index (χ0) is 22.5. The summed E-state index contributed by atoms with van der Waals surface area (Å²) in [5.74, 6) is -1.41. The van der Waals surface area contributed by atoms with Gasteiger partial charge in [-0.15, -0.1) is 0 Å². The van der Waals surface area contributed by atoms with Crippen molar-refractivity contribution in [2.75, 3.05) is 18.4 Å². The molecule has 0 radical (unpaired) electrons. The number of aromatic nitrogens is 1. The standard InChI is InChI=1S/C25H25ClN4O2/c1-17-8-9-21(13-22(17)26)29-25(32)24(31)28-15-23(19-7-4-11-27-14-19)30-12-10-18-5-2-3-6-20(18)16-30/h2-9,11,13-14,23H,10,12,15-16H2,1H3,(H,28,31)(H,29,32)/t23-/m1/s1. The second-order valence-electron chi connectivity index (χ2n) is 7.92. The second kappa shape index (κ2) is 9.94. The highest BCUT2D eigenvalue weighted by molar-refractivity contribution is 6.39. The lowest BCUT2D eigenvalue weighted by atomic mass is 9.97. The molecule has 0 fully saturated rings. The van der Waals surface area contributed by atoms with E-state index in [2.05, 4.69) is 38.7 Å². The first-order valence-corrected chi connectivity index (χ1v) is 10.9. The van der Waals surface area contributed by atoms with Gasteiger partial charge in [-0.05, 0) is 53.8 Å². The number of hydrogen-bond donors (Lipinski definition) is 2. The highest BCUT2D eigenvalue weighted by Crippen LogP contribution is 2.27. The van der Waals surface area contributed by atoms with E-state index >= 15 is 0 Å². The Labute approximate surface area is 192 Å². The van der Waals surface area contributed by atoms with Crippen molar-refractivity contribution in [2.45, 2.75) is 25.9 Å². The topological polar surface area (TPSA) is 74.3 Å². The first kappa shape index (κ1) is 22.0. The van der Waals surface area contributed by atoms with Gasteiger partial charge in [-0.3, -0.25) is 19.5 Å². The van der Waals surface area contributed by atoms with E-state index in [9.17, 15) is 9.59 Å². The molecular weight excluding hydrogens is 424 g/mol. The summed E-state index contributed by atoms with van der Waals surface area (Å²) in [5.41, 5.74) is 5.02. The monoisotopic (exact) mass is 448 g/mol. The number of carbonyl (C=O) groups excluding carboxylic acids is 2. The zero-order valence-electron chi connectivity index (χ0n) is 17.8. The van der Waals surface area contributed by atoms with Crippen LogP contribution in [0.5, 0.6) is 0 Å². The van der Waals surface area contributed by atoms with Crippen molar-refractivity contribution in [1.82, 2.24) is 15.2 Å². The third-order valence-electron chi connectivity index (χ3n) is 5.76. The molecule has 2 heterocycles. The summed E-state index contributed by atoms with van der Waals surface area (Å²) < 4.78 is 0. The molecular formula is C25H25ClN4O2. The van der Waals surface area contributed by atoms with Crippen molar-refractivity contribution in [2.24, 2.45) is 0 Å². The predicted octanol–water partition coefficient (Wildman–Crippen LogP) is 3.90. The lowest BCUT2D eigenvalue weighted by molar-refractivity contribution is -0.136. The van der Waals surface area contributed by atoms with Crippen LogP contribution in [0.15, 0.2) is 67.0 Å². The average Bonchev–Trinajstić information content (AvgIpc) is 2.82. The van der Waals surface area contributed by atoms with Gasteiger partial charge in [-0.25, -0.2) is 0 Å².